The lowest BCUT2D eigenvalue weighted by molar-refractivity contribution is 0.0701. The standard InChI is InChI=1S/C22H29N5O2/c1-25(2)14-16-11-19(24-26(16)3)15-7-6-10-27(13-15)22(28)20-12-17-18(23-20)8-5-9-21(17)29-4/h5,8-9,11-12,15,23H,6-7,10,13-14H2,1-4H3/t15-/m0/s1. The van der Waals surface area contributed by atoms with Gasteiger partial charge in [0.2, 0.25) is 0 Å². The molecule has 0 aliphatic carbocycles. The van der Waals surface area contributed by atoms with E-state index in [1.165, 1.54) is 5.69 Å². The van der Waals surface area contributed by atoms with Crippen molar-refractivity contribution < 1.29 is 9.53 Å². The number of aryl methyl sites for hydroxylation is 1. The fraction of sp³-hybridized carbons (Fsp3) is 0.455. The van der Waals surface area contributed by atoms with Crippen LogP contribution in [0.1, 0.15) is 40.6 Å². The number of fused-ring (bicyclic) bond motifs is 1. The van der Waals surface area contributed by atoms with Crippen molar-refractivity contribution in [1.29, 1.82) is 0 Å². The van der Waals surface area contributed by atoms with Gasteiger partial charge in [0.05, 0.1) is 18.5 Å². The molecule has 1 saturated heterocycles. The van der Waals surface area contributed by atoms with Crippen LogP contribution in [0.4, 0.5) is 0 Å². The third-order valence-corrected chi connectivity index (χ3v) is 5.68. The van der Waals surface area contributed by atoms with Crippen molar-refractivity contribution in [2.45, 2.75) is 25.3 Å². The van der Waals surface area contributed by atoms with Crippen LogP contribution in [0, 0.1) is 0 Å². The van der Waals surface area contributed by atoms with Crippen LogP contribution in [0.3, 0.4) is 0 Å². The number of benzene rings is 1. The Kier molecular flexibility index (Phi) is 5.32. The molecule has 154 valence electrons. The number of amides is 1. The largest absolute Gasteiger partial charge is 0.496 e. The molecule has 0 spiro atoms. The first-order valence-corrected chi connectivity index (χ1v) is 10.1. The van der Waals surface area contributed by atoms with E-state index in [0.29, 0.717) is 12.2 Å². The first-order chi connectivity index (χ1) is 14.0. The fourth-order valence-electron chi connectivity index (χ4n) is 4.20. The van der Waals surface area contributed by atoms with E-state index in [0.717, 1.165) is 48.3 Å². The number of nitrogens with zero attached hydrogens (tertiary/aromatic N) is 4. The molecule has 7 heteroatoms. The number of hydrogen-bond acceptors (Lipinski definition) is 4. The Morgan fingerprint density at radius 3 is 2.93 bits per heavy atom. The van der Waals surface area contributed by atoms with Gasteiger partial charge in [-0.3, -0.25) is 9.48 Å². The Hall–Kier alpha value is -2.80. The van der Waals surface area contributed by atoms with Crippen molar-refractivity contribution in [3.63, 3.8) is 0 Å². The molecule has 1 N–H and O–H groups in total. The van der Waals surface area contributed by atoms with E-state index in [1.807, 2.05) is 40.9 Å². The number of ether oxygens (including phenoxy) is 1. The van der Waals surface area contributed by atoms with Gasteiger partial charge in [0, 0.05) is 43.5 Å². The van der Waals surface area contributed by atoms with E-state index in [2.05, 4.69) is 30.0 Å². The number of aromatic amines is 1. The number of hydrogen-bond donors (Lipinski definition) is 1. The first kappa shape index (κ1) is 19.5. The van der Waals surface area contributed by atoms with Gasteiger partial charge >= 0.3 is 0 Å². The quantitative estimate of drug-likeness (QED) is 0.721. The maximum absolute atomic E-state index is 13.2. The van der Waals surface area contributed by atoms with Gasteiger partial charge in [-0.25, -0.2) is 0 Å². The van der Waals surface area contributed by atoms with Crippen LogP contribution in [0.15, 0.2) is 30.3 Å². The molecule has 0 radical (unpaired) electrons. The minimum atomic E-state index is 0.0393. The van der Waals surface area contributed by atoms with E-state index in [-0.39, 0.29) is 11.8 Å². The number of carbonyl (C=O) groups excluding carboxylic acids is 1. The summed E-state index contributed by atoms with van der Waals surface area (Å²) < 4.78 is 7.38. The van der Waals surface area contributed by atoms with Gasteiger partial charge in [-0.05, 0) is 51.2 Å². The highest BCUT2D eigenvalue weighted by molar-refractivity contribution is 5.99. The third kappa shape index (κ3) is 3.87. The second-order valence-corrected chi connectivity index (χ2v) is 8.12. The number of carbonyl (C=O) groups is 1. The first-order valence-electron chi connectivity index (χ1n) is 10.1. The summed E-state index contributed by atoms with van der Waals surface area (Å²) in [5.41, 5.74) is 3.80. The van der Waals surface area contributed by atoms with E-state index >= 15 is 0 Å². The number of piperidine rings is 1. The Morgan fingerprint density at radius 1 is 1.34 bits per heavy atom. The average Bonchev–Trinajstić information content (AvgIpc) is 3.31. The van der Waals surface area contributed by atoms with Crippen molar-refractivity contribution in [3.8, 4) is 5.75 Å². The smallest absolute Gasteiger partial charge is 0.270 e. The van der Waals surface area contributed by atoms with Crippen LogP contribution in [0.5, 0.6) is 5.75 Å². The molecule has 0 bridgehead atoms. The maximum atomic E-state index is 13.2. The average molecular weight is 396 g/mol. The summed E-state index contributed by atoms with van der Waals surface area (Å²) in [4.78, 5) is 20.5. The van der Waals surface area contributed by atoms with Crippen molar-refractivity contribution >= 4 is 16.8 Å². The molecule has 1 aliphatic heterocycles. The molecular formula is C22H29N5O2. The molecule has 1 atom stereocenters. The second kappa shape index (κ2) is 7.91. The van der Waals surface area contributed by atoms with Crippen LogP contribution >= 0.6 is 0 Å². The normalized spacial score (nSPS) is 17.3. The lowest BCUT2D eigenvalue weighted by Crippen LogP contribution is -2.39. The molecule has 0 saturated carbocycles. The van der Waals surface area contributed by atoms with Gasteiger partial charge in [0.25, 0.3) is 5.91 Å². The van der Waals surface area contributed by atoms with Crippen LogP contribution in [-0.4, -0.2) is 64.8 Å². The molecule has 1 fully saturated rings. The molecule has 7 nitrogen and oxygen atoms in total. The lowest BCUT2D eigenvalue weighted by Gasteiger charge is -2.31. The summed E-state index contributed by atoms with van der Waals surface area (Å²) in [6.45, 7) is 2.33. The number of rotatable bonds is 5. The van der Waals surface area contributed by atoms with Crippen LogP contribution < -0.4 is 4.74 Å². The molecule has 1 amide bonds. The molecule has 3 heterocycles. The summed E-state index contributed by atoms with van der Waals surface area (Å²) in [5, 5.41) is 5.67. The molecule has 1 aromatic carbocycles. The zero-order valence-electron chi connectivity index (χ0n) is 17.6. The number of likely N-dealkylation sites (tertiary alicyclic amines) is 1. The summed E-state index contributed by atoms with van der Waals surface area (Å²) in [6, 6.07) is 9.89. The van der Waals surface area contributed by atoms with Gasteiger partial charge in [-0.1, -0.05) is 6.07 Å². The lowest BCUT2D eigenvalue weighted by atomic mass is 9.94. The van der Waals surface area contributed by atoms with Crippen molar-refractivity contribution in [2.24, 2.45) is 7.05 Å². The Labute approximate surface area is 171 Å². The summed E-state index contributed by atoms with van der Waals surface area (Å²) in [5.74, 6) is 1.09. The van der Waals surface area contributed by atoms with Crippen molar-refractivity contribution in [1.82, 2.24) is 24.6 Å². The SMILES string of the molecule is COc1cccc2[nH]c(C(=O)N3CCC[C@H](c4cc(CN(C)C)n(C)n4)C3)cc12. The van der Waals surface area contributed by atoms with Crippen LogP contribution in [-0.2, 0) is 13.6 Å². The predicted molar refractivity (Wildman–Crippen MR) is 113 cm³/mol. The minimum Gasteiger partial charge on any atom is -0.496 e. The summed E-state index contributed by atoms with van der Waals surface area (Å²) >= 11 is 0. The van der Waals surface area contributed by atoms with E-state index in [9.17, 15) is 4.79 Å². The zero-order chi connectivity index (χ0) is 20.5. The van der Waals surface area contributed by atoms with Gasteiger partial charge < -0.3 is 19.5 Å². The van der Waals surface area contributed by atoms with Gasteiger partial charge in [-0.15, -0.1) is 0 Å². The molecule has 1 aliphatic rings. The second-order valence-electron chi connectivity index (χ2n) is 8.12. The molecule has 0 unspecified atom stereocenters. The fourth-order valence-corrected chi connectivity index (χ4v) is 4.20. The topological polar surface area (TPSA) is 66.4 Å². The molecular weight excluding hydrogens is 366 g/mol. The highest BCUT2D eigenvalue weighted by atomic mass is 16.5. The number of H-pyrrole nitrogens is 1. The number of aromatic nitrogens is 3. The van der Waals surface area contributed by atoms with Crippen LogP contribution in [0.25, 0.3) is 10.9 Å². The van der Waals surface area contributed by atoms with Gasteiger partial charge in [0.1, 0.15) is 11.4 Å². The highest BCUT2D eigenvalue weighted by Crippen LogP contribution is 2.30. The maximum Gasteiger partial charge on any atom is 0.270 e. The van der Waals surface area contributed by atoms with Crippen LogP contribution in [0.2, 0.25) is 0 Å². The number of methoxy groups -OCH3 is 1. The summed E-state index contributed by atoms with van der Waals surface area (Å²) in [7, 11) is 7.76. The monoisotopic (exact) mass is 395 g/mol. The van der Waals surface area contributed by atoms with Crippen molar-refractivity contribution in [2.75, 3.05) is 34.3 Å². The Morgan fingerprint density at radius 2 is 2.17 bits per heavy atom. The van der Waals surface area contributed by atoms with E-state index in [1.54, 1.807) is 7.11 Å². The predicted octanol–water partition coefficient (Wildman–Crippen LogP) is 2.99. The number of nitrogens with one attached hydrogen (secondary N) is 1. The summed E-state index contributed by atoms with van der Waals surface area (Å²) in [6.07, 6.45) is 2.04. The Bertz CT molecular complexity index is 1020. The van der Waals surface area contributed by atoms with Gasteiger partial charge in [0.15, 0.2) is 0 Å². The van der Waals surface area contributed by atoms with E-state index in [4.69, 9.17) is 9.84 Å². The van der Waals surface area contributed by atoms with Crippen molar-refractivity contribution in [3.05, 3.63) is 47.4 Å². The molecule has 2 aromatic heterocycles. The third-order valence-electron chi connectivity index (χ3n) is 5.68. The molecule has 3 aromatic rings. The zero-order valence-corrected chi connectivity index (χ0v) is 17.6. The molecule has 29 heavy (non-hydrogen) atoms. The Balaban J connectivity index is 1.53. The van der Waals surface area contributed by atoms with Gasteiger partial charge in [-0.2, -0.15) is 5.10 Å². The minimum absolute atomic E-state index is 0.0393. The highest BCUT2D eigenvalue weighted by Gasteiger charge is 2.28. The van der Waals surface area contributed by atoms with E-state index < -0.39 is 0 Å². The molecule has 4 rings (SSSR count).